The molecule has 1 atom stereocenters. The SMILES string of the molecule is [B]C(C)(C(C)=O)N1C(=O)C=CC1=O. The fourth-order valence-corrected chi connectivity index (χ4v) is 1.02. The molecule has 1 rings (SSSR count). The van der Waals surface area contributed by atoms with E-state index >= 15 is 0 Å². The number of hydrogen-bond acceptors (Lipinski definition) is 3. The molecule has 0 saturated heterocycles. The van der Waals surface area contributed by atoms with Gasteiger partial charge in [0.05, 0.1) is 5.44 Å². The fraction of sp³-hybridized carbons (Fsp3) is 0.375. The summed E-state index contributed by atoms with van der Waals surface area (Å²) in [6, 6.07) is 0. The van der Waals surface area contributed by atoms with Gasteiger partial charge in [-0.15, -0.1) is 0 Å². The average molecular weight is 177 g/mol. The predicted molar refractivity (Wildman–Crippen MR) is 45.8 cm³/mol. The van der Waals surface area contributed by atoms with Crippen molar-refractivity contribution in [3.05, 3.63) is 12.2 Å². The Morgan fingerprint density at radius 1 is 1.38 bits per heavy atom. The summed E-state index contributed by atoms with van der Waals surface area (Å²) < 4.78 is 0. The molecule has 0 aliphatic carbocycles. The maximum atomic E-state index is 11.1. The van der Waals surface area contributed by atoms with Crippen LogP contribution >= 0.6 is 0 Å². The van der Waals surface area contributed by atoms with Crippen LogP contribution < -0.4 is 0 Å². The minimum atomic E-state index is -1.54. The van der Waals surface area contributed by atoms with E-state index in [0.717, 1.165) is 17.1 Å². The van der Waals surface area contributed by atoms with Gasteiger partial charge in [0.2, 0.25) is 0 Å². The van der Waals surface area contributed by atoms with Gasteiger partial charge >= 0.3 is 0 Å². The number of imide groups is 1. The zero-order chi connectivity index (χ0) is 10.2. The second kappa shape index (κ2) is 2.83. The van der Waals surface area contributed by atoms with Gasteiger partial charge in [0, 0.05) is 12.2 Å². The van der Waals surface area contributed by atoms with E-state index in [2.05, 4.69) is 0 Å². The maximum Gasteiger partial charge on any atom is 0.253 e. The summed E-state index contributed by atoms with van der Waals surface area (Å²) in [5.74, 6) is -1.53. The Morgan fingerprint density at radius 3 is 2.08 bits per heavy atom. The molecule has 0 aromatic heterocycles. The smallest absolute Gasteiger partial charge is 0.253 e. The van der Waals surface area contributed by atoms with Gasteiger partial charge in [-0.25, -0.2) is 0 Å². The third-order valence-corrected chi connectivity index (χ3v) is 1.99. The topological polar surface area (TPSA) is 54.5 Å². The summed E-state index contributed by atoms with van der Waals surface area (Å²) in [6.07, 6.45) is 2.19. The Hall–Kier alpha value is -1.39. The molecule has 1 unspecified atom stereocenters. The summed E-state index contributed by atoms with van der Waals surface area (Å²) in [6.45, 7) is 2.57. The van der Waals surface area contributed by atoms with Gasteiger partial charge in [-0.3, -0.25) is 19.3 Å². The Kier molecular flexibility index (Phi) is 2.11. The molecule has 0 bridgehead atoms. The van der Waals surface area contributed by atoms with Crippen molar-refractivity contribution in [3.8, 4) is 0 Å². The third-order valence-electron chi connectivity index (χ3n) is 1.99. The molecule has 13 heavy (non-hydrogen) atoms. The first-order chi connectivity index (χ1) is 5.87. The number of hydrogen-bond donors (Lipinski definition) is 0. The second-order valence-electron chi connectivity index (χ2n) is 3.05. The summed E-state index contributed by atoms with van der Waals surface area (Å²) in [7, 11) is 5.54. The summed E-state index contributed by atoms with van der Waals surface area (Å²) >= 11 is 0. The standard InChI is InChI=1S/C8H8BNO3/c1-5(11)8(2,9)10-6(12)3-4-7(10)13/h3-4H,1-2H3. The van der Waals surface area contributed by atoms with Crippen LogP contribution in [0.2, 0.25) is 0 Å². The van der Waals surface area contributed by atoms with Crippen LogP contribution in [0.3, 0.4) is 0 Å². The normalized spacial score (nSPS) is 20.6. The fourth-order valence-electron chi connectivity index (χ4n) is 1.02. The van der Waals surface area contributed by atoms with Gasteiger partial charge in [-0.1, -0.05) is 0 Å². The van der Waals surface area contributed by atoms with Crippen LogP contribution in [0.15, 0.2) is 12.2 Å². The molecule has 0 fully saturated rings. The average Bonchev–Trinajstić information content (AvgIpc) is 2.30. The number of rotatable bonds is 2. The zero-order valence-electron chi connectivity index (χ0n) is 7.40. The highest BCUT2D eigenvalue weighted by molar-refractivity contribution is 6.33. The van der Waals surface area contributed by atoms with Crippen LogP contribution in [0.4, 0.5) is 0 Å². The van der Waals surface area contributed by atoms with Crippen molar-refractivity contribution in [2.45, 2.75) is 19.3 Å². The molecule has 1 aliphatic rings. The molecule has 2 amide bonds. The van der Waals surface area contributed by atoms with Gasteiger partial charge in [-0.05, 0) is 13.8 Å². The molecule has 0 aromatic carbocycles. The molecule has 1 aliphatic heterocycles. The van der Waals surface area contributed by atoms with Crippen molar-refractivity contribution in [1.29, 1.82) is 0 Å². The number of amides is 2. The van der Waals surface area contributed by atoms with E-state index < -0.39 is 23.0 Å². The lowest BCUT2D eigenvalue weighted by Crippen LogP contribution is -2.54. The molecule has 0 saturated carbocycles. The molecule has 2 radical (unpaired) electrons. The van der Waals surface area contributed by atoms with Gasteiger partial charge in [0.1, 0.15) is 13.6 Å². The zero-order valence-corrected chi connectivity index (χ0v) is 7.40. The molecular formula is C8H8BNO3. The van der Waals surface area contributed by atoms with Crippen molar-refractivity contribution < 1.29 is 14.4 Å². The molecule has 4 nitrogen and oxygen atoms in total. The molecule has 5 heteroatoms. The van der Waals surface area contributed by atoms with Crippen LogP contribution in [0.25, 0.3) is 0 Å². The number of carbonyl (C=O) groups is 3. The van der Waals surface area contributed by atoms with Gasteiger partial charge in [0.25, 0.3) is 11.8 Å². The number of Topliss-reactive ketones (excluding diaryl/α,β-unsaturated/α-hetero) is 1. The highest BCUT2D eigenvalue weighted by atomic mass is 16.2. The van der Waals surface area contributed by atoms with Crippen LogP contribution in [-0.2, 0) is 14.4 Å². The van der Waals surface area contributed by atoms with Crippen molar-refractivity contribution in [2.75, 3.05) is 0 Å². The van der Waals surface area contributed by atoms with E-state index in [1.807, 2.05) is 0 Å². The second-order valence-corrected chi connectivity index (χ2v) is 3.05. The number of carbonyl (C=O) groups excluding carboxylic acids is 3. The van der Waals surface area contributed by atoms with E-state index in [9.17, 15) is 14.4 Å². The van der Waals surface area contributed by atoms with E-state index in [1.54, 1.807) is 0 Å². The van der Waals surface area contributed by atoms with Gasteiger partial charge in [0.15, 0.2) is 0 Å². The first-order valence-electron chi connectivity index (χ1n) is 3.73. The lowest BCUT2D eigenvalue weighted by Gasteiger charge is -2.31. The van der Waals surface area contributed by atoms with Gasteiger partial charge < -0.3 is 0 Å². The lowest BCUT2D eigenvalue weighted by atomic mass is 9.75. The first kappa shape index (κ1) is 9.70. The number of ketones is 1. The minimum Gasteiger partial charge on any atom is -0.298 e. The van der Waals surface area contributed by atoms with Crippen molar-refractivity contribution >= 4 is 25.4 Å². The Bertz CT molecular complexity index is 301. The summed E-state index contributed by atoms with van der Waals surface area (Å²) in [4.78, 5) is 34.0. The van der Waals surface area contributed by atoms with E-state index in [0.29, 0.717) is 0 Å². The molecule has 1 heterocycles. The summed E-state index contributed by atoms with van der Waals surface area (Å²) in [5, 5.41) is 0. The summed E-state index contributed by atoms with van der Waals surface area (Å²) in [5.41, 5.74) is -1.54. The van der Waals surface area contributed by atoms with Crippen molar-refractivity contribution in [3.63, 3.8) is 0 Å². The maximum absolute atomic E-state index is 11.1. The quantitative estimate of drug-likeness (QED) is 0.417. The van der Waals surface area contributed by atoms with Crippen molar-refractivity contribution in [1.82, 2.24) is 4.90 Å². The predicted octanol–water partition coefficient (Wildman–Crippen LogP) is -0.615. The Balaban J connectivity index is 3.02. The molecular weight excluding hydrogens is 169 g/mol. The van der Waals surface area contributed by atoms with Gasteiger partial charge in [-0.2, -0.15) is 0 Å². The Morgan fingerprint density at radius 2 is 1.77 bits per heavy atom. The third kappa shape index (κ3) is 1.41. The first-order valence-corrected chi connectivity index (χ1v) is 3.73. The Labute approximate surface area is 77.0 Å². The van der Waals surface area contributed by atoms with Crippen molar-refractivity contribution in [2.24, 2.45) is 0 Å². The number of nitrogens with zero attached hydrogens (tertiary/aromatic N) is 1. The van der Waals surface area contributed by atoms with Crippen LogP contribution in [-0.4, -0.2) is 35.8 Å². The molecule has 0 spiro atoms. The van der Waals surface area contributed by atoms with E-state index in [4.69, 9.17) is 7.85 Å². The largest absolute Gasteiger partial charge is 0.298 e. The molecule has 66 valence electrons. The van der Waals surface area contributed by atoms with Crippen LogP contribution in [0.5, 0.6) is 0 Å². The molecule has 0 aromatic rings. The van der Waals surface area contributed by atoms with Crippen LogP contribution in [0, 0.1) is 0 Å². The monoisotopic (exact) mass is 177 g/mol. The lowest BCUT2D eigenvalue weighted by molar-refractivity contribution is -0.145. The van der Waals surface area contributed by atoms with E-state index in [1.165, 1.54) is 13.8 Å². The van der Waals surface area contributed by atoms with E-state index in [-0.39, 0.29) is 0 Å². The van der Waals surface area contributed by atoms with Crippen LogP contribution in [0.1, 0.15) is 13.8 Å². The highest BCUT2D eigenvalue weighted by Crippen LogP contribution is 2.17. The molecule has 0 N–H and O–H groups in total. The highest BCUT2D eigenvalue weighted by Gasteiger charge is 2.39. The minimum absolute atomic E-state index is 0.432.